The van der Waals surface area contributed by atoms with E-state index in [9.17, 15) is 0 Å². The lowest BCUT2D eigenvalue weighted by molar-refractivity contribution is 0.338. The van der Waals surface area contributed by atoms with Gasteiger partial charge in [0.05, 0.1) is 0 Å². The molecule has 2 aliphatic heterocycles. The summed E-state index contributed by atoms with van der Waals surface area (Å²) in [5, 5.41) is 0. The Balaban J connectivity index is 1.33. The van der Waals surface area contributed by atoms with Crippen molar-refractivity contribution in [1.82, 2.24) is 9.80 Å². The second kappa shape index (κ2) is 7.40. The van der Waals surface area contributed by atoms with Crippen LogP contribution in [0.2, 0.25) is 0 Å². The zero-order valence-corrected chi connectivity index (χ0v) is 20.1. The van der Waals surface area contributed by atoms with Crippen LogP contribution < -0.4 is 0 Å². The third-order valence-corrected chi connectivity index (χ3v) is 8.47. The Morgan fingerprint density at radius 3 is 1.47 bits per heavy atom. The van der Waals surface area contributed by atoms with Gasteiger partial charge in [-0.05, 0) is 36.1 Å². The van der Waals surface area contributed by atoms with Crippen molar-refractivity contribution in [2.75, 3.05) is 0 Å². The van der Waals surface area contributed by atoms with Gasteiger partial charge in [-0.15, -0.1) is 0 Å². The van der Waals surface area contributed by atoms with Gasteiger partial charge in [-0.1, -0.05) is 89.4 Å². The lowest BCUT2D eigenvalue weighted by Crippen LogP contribution is -2.20. The predicted octanol–water partition coefficient (Wildman–Crippen LogP) is 7.32. The average molecular weight is 425 g/mol. The molecule has 0 spiro atoms. The number of benzene rings is 1. The molecule has 1 aromatic carbocycles. The number of hydrogen-bond acceptors (Lipinski definition) is 2. The van der Waals surface area contributed by atoms with Gasteiger partial charge in [-0.3, -0.25) is 0 Å². The van der Waals surface area contributed by atoms with E-state index in [-0.39, 0.29) is 10.8 Å². The zero-order chi connectivity index (χ0) is 22.7. The molecule has 2 unspecified atom stereocenters. The van der Waals surface area contributed by atoms with Crippen LogP contribution in [0.4, 0.5) is 0 Å². The SMILES string of the molecule is C=C1N(Cc2ccc(CN3C(=C)C(C)(C)C4CC=CC=C43)cc2)C2=CC=CCC2C1(C)C. The van der Waals surface area contributed by atoms with Gasteiger partial charge in [0.1, 0.15) is 0 Å². The topological polar surface area (TPSA) is 6.48 Å². The van der Waals surface area contributed by atoms with E-state index >= 15 is 0 Å². The standard InChI is InChI=1S/C30H36N2/c1-21-29(3,4)25-11-7-9-13-27(25)31(21)19-23-15-17-24(18-16-23)20-32-22(2)30(5,6)26-12-8-10-14-28(26)32/h7-10,13-18,25-26H,1-2,11-12,19-20H2,3-6H3. The summed E-state index contributed by atoms with van der Waals surface area (Å²) >= 11 is 0. The molecule has 166 valence electrons. The van der Waals surface area contributed by atoms with Crippen molar-refractivity contribution in [1.29, 1.82) is 0 Å². The summed E-state index contributed by atoms with van der Waals surface area (Å²) < 4.78 is 0. The highest BCUT2D eigenvalue weighted by Crippen LogP contribution is 2.53. The molecule has 4 aliphatic rings. The van der Waals surface area contributed by atoms with Crippen molar-refractivity contribution in [3.8, 4) is 0 Å². The summed E-state index contributed by atoms with van der Waals surface area (Å²) in [6.07, 6.45) is 15.8. The predicted molar refractivity (Wildman–Crippen MR) is 134 cm³/mol. The summed E-state index contributed by atoms with van der Waals surface area (Å²) in [7, 11) is 0. The van der Waals surface area contributed by atoms with Gasteiger partial charge in [-0.25, -0.2) is 0 Å². The number of fused-ring (bicyclic) bond motifs is 2. The van der Waals surface area contributed by atoms with Gasteiger partial charge in [0.2, 0.25) is 0 Å². The van der Waals surface area contributed by atoms with Crippen LogP contribution in [0.5, 0.6) is 0 Å². The first-order valence-corrected chi connectivity index (χ1v) is 12.0. The first-order chi connectivity index (χ1) is 15.2. The smallest absolute Gasteiger partial charge is 0.0475 e. The highest BCUT2D eigenvalue weighted by atomic mass is 15.2. The summed E-state index contributed by atoms with van der Waals surface area (Å²) in [4.78, 5) is 4.88. The number of nitrogens with zero attached hydrogens (tertiary/aromatic N) is 2. The van der Waals surface area contributed by atoms with E-state index in [1.165, 1.54) is 33.9 Å². The lowest BCUT2D eigenvalue weighted by Gasteiger charge is -2.27. The number of allylic oxidation sites excluding steroid dienone is 10. The second-order valence-electron chi connectivity index (χ2n) is 10.9. The van der Waals surface area contributed by atoms with E-state index < -0.39 is 0 Å². The molecule has 1 aromatic rings. The fraction of sp³-hybridized carbons (Fsp3) is 0.400. The van der Waals surface area contributed by atoms with Gasteiger partial charge < -0.3 is 9.80 Å². The second-order valence-corrected chi connectivity index (χ2v) is 10.9. The maximum Gasteiger partial charge on any atom is 0.0475 e. The average Bonchev–Trinajstić information content (AvgIpc) is 3.10. The van der Waals surface area contributed by atoms with E-state index in [1.807, 2.05) is 0 Å². The van der Waals surface area contributed by atoms with Crippen molar-refractivity contribution in [2.24, 2.45) is 22.7 Å². The molecule has 2 nitrogen and oxygen atoms in total. The highest BCUT2D eigenvalue weighted by Gasteiger charge is 2.47. The fourth-order valence-electron chi connectivity index (χ4n) is 6.02. The third-order valence-electron chi connectivity index (χ3n) is 8.47. The number of rotatable bonds is 4. The lowest BCUT2D eigenvalue weighted by atomic mass is 9.76. The van der Waals surface area contributed by atoms with Crippen LogP contribution in [-0.2, 0) is 13.1 Å². The fourth-order valence-corrected chi connectivity index (χ4v) is 6.02. The molecule has 2 heterocycles. The summed E-state index contributed by atoms with van der Waals surface area (Å²) in [5.74, 6) is 1.07. The van der Waals surface area contributed by atoms with Gasteiger partial charge in [-0.2, -0.15) is 0 Å². The molecule has 0 N–H and O–H groups in total. The molecule has 0 saturated carbocycles. The maximum atomic E-state index is 4.48. The van der Waals surface area contributed by atoms with Crippen molar-refractivity contribution in [2.45, 2.75) is 53.6 Å². The van der Waals surface area contributed by atoms with Crippen LogP contribution in [0.15, 0.2) is 96.7 Å². The normalized spacial score (nSPS) is 27.4. The van der Waals surface area contributed by atoms with Crippen LogP contribution in [0.25, 0.3) is 0 Å². The largest absolute Gasteiger partial charge is 0.344 e. The van der Waals surface area contributed by atoms with Gasteiger partial charge in [0, 0.05) is 58.5 Å². The van der Waals surface area contributed by atoms with Gasteiger partial charge >= 0.3 is 0 Å². The molecule has 2 atom stereocenters. The molecule has 0 bridgehead atoms. The molecule has 0 amide bonds. The molecule has 2 heteroatoms. The number of likely N-dealkylation sites (tertiary alicyclic amines) is 2. The summed E-state index contributed by atoms with van der Waals surface area (Å²) in [6.45, 7) is 20.1. The Morgan fingerprint density at radius 1 is 0.719 bits per heavy atom. The summed E-state index contributed by atoms with van der Waals surface area (Å²) in [5.41, 5.74) is 8.20. The Morgan fingerprint density at radius 2 is 1.09 bits per heavy atom. The van der Waals surface area contributed by atoms with Gasteiger partial charge in [0.15, 0.2) is 0 Å². The van der Waals surface area contributed by atoms with Crippen molar-refractivity contribution >= 4 is 0 Å². The molecule has 5 rings (SSSR count). The Kier molecular flexibility index (Phi) is 4.89. The first-order valence-electron chi connectivity index (χ1n) is 12.0. The van der Waals surface area contributed by atoms with Crippen LogP contribution >= 0.6 is 0 Å². The minimum absolute atomic E-state index is 0.109. The molecular formula is C30H36N2. The number of hydrogen-bond donors (Lipinski definition) is 0. The minimum Gasteiger partial charge on any atom is -0.344 e. The molecule has 2 aliphatic carbocycles. The quantitative estimate of drug-likeness (QED) is 0.500. The van der Waals surface area contributed by atoms with E-state index in [0.717, 1.165) is 25.9 Å². The Hall–Kier alpha value is -2.74. The van der Waals surface area contributed by atoms with Crippen molar-refractivity contribution < 1.29 is 0 Å². The van der Waals surface area contributed by atoms with Crippen LogP contribution in [0.3, 0.4) is 0 Å². The molecule has 2 fully saturated rings. The molecule has 32 heavy (non-hydrogen) atoms. The Bertz CT molecular complexity index is 987. The molecular weight excluding hydrogens is 388 g/mol. The molecule has 2 saturated heterocycles. The monoisotopic (exact) mass is 424 g/mol. The van der Waals surface area contributed by atoms with E-state index in [4.69, 9.17) is 0 Å². The van der Waals surface area contributed by atoms with E-state index in [1.54, 1.807) is 0 Å². The third kappa shape index (κ3) is 3.15. The van der Waals surface area contributed by atoms with Crippen molar-refractivity contribution in [3.05, 3.63) is 108 Å². The first kappa shape index (κ1) is 21.1. The molecule has 0 aromatic heterocycles. The maximum absolute atomic E-state index is 4.48. The van der Waals surface area contributed by atoms with E-state index in [2.05, 4.69) is 111 Å². The molecule has 0 radical (unpaired) electrons. The van der Waals surface area contributed by atoms with Gasteiger partial charge in [0.25, 0.3) is 0 Å². The summed E-state index contributed by atoms with van der Waals surface area (Å²) in [6, 6.07) is 9.16. The highest BCUT2D eigenvalue weighted by molar-refractivity contribution is 5.38. The van der Waals surface area contributed by atoms with E-state index in [0.29, 0.717) is 11.8 Å². The van der Waals surface area contributed by atoms with Crippen LogP contribution in [0, 0.1) is 22.7 Å². The minimum atomic E-state index is 0.109. The van der Waals surface area contributed by atoms with Crippen LogP contribution in [-0.4, -0.2) is 9.80 Å². The van der Waals surface area contributed by atoms with Crippen molar-refractivity contribution in [3.63, 3.8) is 0 Å². The Labute approximate surface area is 194 Å². The zero-order valence-electron chi connectivity index (χ0n) is 20.1. The van der Waals surface area contributed by atoms with Crippen LogP contribution in [0.1, 0.15) is 51.7 Å².